The van der Waals surface area contributed by atoms with Crippen molar-refractivity contribution in [3.63, 3.8) is 0 Å². The highest BCUT2D eigenvalue weighted by Gasteiger charge is 2.88. The molecule has 1 aromatic rings. The summed E-state index contributed by atoms with van der Waals surface area (Å²) in [6.45, 7) is 6.57. The quantitative estimate of drug-likeness (QED) is 0.253. The molecule has 8 rings (SSSR count). The number of nitrogens with zero attached hydrogens (tertiary/aromatic N) is 1. The molecule has 4 bridgehead atoms. The molecular formula is C36H51NO11. The lowest BCUT2D eigenvalue weighted by atomic mass is 9.49. The van der Waals surface area contributed by atoms with Gasteiger partial charge in [-0.1, -0.05) is 13.8 Å². The first-order valence-electron chi connectivity index (χ1n) is 17.6. The van der Waals surface area contributed by atoms with Gasteiger partial charge in [0, 0.05) is 55.1 Å². The minimum Gasteiger partial charge on any atom is -0.493 e. The molecule has 4 saturated carbocycles. The van der Waals surface area contributed by atoms with Gasteiger partial charge in [0.25, 0.3) is 0 Å². The number of ether oxygens (including phenoxy) is 4. The van der Waals surface area contributed by atoms with Crippen molar-refractivity contribution in [2.75, 3.05) is 27.3 Å². The van der Waals surface area contributed by atoms with E-state index in [9.17, 15) is 35.4 Å². The lowest BCUT2D eigenvalue weighted by Crippen LogP contribution is -2.85. The van der Waals surface area contributed by atoms with Crippen LogP contribution in [-0.2, 0) is 9.47 Å². The summed E-state index contributed by atoms with van der Waals surface area (Å²) in [5, 5.41) is 74.7. The number of carbonyl (C=O) groups excluding carboxylic acids is 1. The molecule has 6 N–H and O–H groups in total. The number of esters is 1. The zero-order valence-electron chi connectivity index (χ0n) is 28.5. The number of aliphatic hydroxyl groups is 6. The van der Waals surface area contributed by atoms with Gasteiger partial charge in [0.1, 0.15) is 22.4 Å². The van der Waals surface area contributed by atoms with Crippen LogP contribution < -0.4 is 9.47 Å². The third-order valence-electron chi connectivity index (χ3n) is 14.9. The average molecular weight is 674 g/mol. The number of aliphatic hydroxyl groups excluding tert-OH is 1. The van der Waals surface area contributed by atoms with Crippen LogP contribution in [0.15, 0.2) is 18.2 Å². The van der Waals surface area contributed by atoms with Crippen molar-refractivity contribution in [1.29, 1.82) is 0 Å². The van der Waals surface area contributed by atoms with E-state index in [1.54, 1.807) is 19.1 Å². The Morgan fingerprint density at radius 3 is 2.31 bits per heavy atom. The molecule has 12 nitrogen and oxygen atoms in total. The van der Waals surface area contributed by atoms with Crippen LogP contribution in [0, 0.1) is 29.1 Å². The number of rotatable bonds is 4. The zero-order valence-corrected chi connectivity index (χ0v) is 28.5. The van der Waals surface area contributed by atoms with Gasteiger partial charge in [-0.3, -0.25) is 4.90 Å². The normalized spacial score (nSPS) is 53.6. The zero-order chi connectivity index (χ0) is 34.4. The number of hydrogen-bond acceptors (Lipinski definition) is 12. The average Bonchev–Trinajstić information content (AvgIpc) is 3.21. The second-order valence-electron chi connectivity index (χ2n) is 16.8. The Labute approximate surface area is 280 Å². The molecule has 7 fully saturated rings. The Hall–Kier alpha value is -2.03. The van der Waals surface area contributed by atoms with Gasteiger partial charge in [0.15, 0.2) is 17.6 Å². The topological polar surface area (TPSA) is 179 Å². The first-order chi connectivity index (χ1) is 22.5. The van der Waals surface area contributed by atoms with Crippen LogP contribution in [0.5, 0.6) is 11.5 Å². The van der Waals surface area contributed by atoms with E-state index in [4.69, 9.17) is 18.9 Å². The summed E-state index contributed by atoms with van der Waals surface area (Å²) in [7, 11) is 2.97. The number of piperidine rings is 2. The van der Waals surface area contributed by atoms with Crippen LogP contribution in [-0.4, -0.2) is 121 Å². The summed E-state index contributed by atoms with van der Waals surface area (Å²) in [5.74, 6) is -3.63. The van der Waals surface area contributed by atoms with E-state index in [1.165, 1.54) is 20.3 Å². The maximum atomic E-state index is 13.5. The minimum atomic E-state index is -2.10. The van der Waals surface area contributed by atoms with Crippen LogP contribution in [0.1, 0.15) is 82.5 Å². The van der Waals surface area contributed by atoms with Crippen LogP contribution in [0.3, 0.4) is 0 Å². The molecule has 48 heavy (non-hydrogen) atoms. The summed E-state index contributed by atoms with van der Waals surface area (Å²) in [6.07, 6.45) is 0.172. The van der Waals surface area contributed by atoms with Crippen molar-refractivity contribution in [2.45, 2.75) is 124 Å². The van der Waals surface area contributed by atoms with Gasteiger partial charge in [-0.05, 0) is 69.6 Å². The lowest BCUT2D eigenvalue weighted by Gasteiger charge is -2.68. The smallest absolute Gasteiger partial charge is 0.338 e. The van der Waals surface area contributed by atoms with Crippen molar-refractivity contribution < 1.29 is 54.4 Å². The summed E-state index contributed by atoms with van der Waals surface area (Å²) >= 11 is 0. The predicted octanol–water partition coefficient (Wildman–Crippen LogP) is 1.36. The monoisotopic (exact) mass is 673 g/mol. The molecule has 266 valence electrons. The van der Waals surface area contributed by atoms with E-state index >= 15 is 0 Å². The molecule has 4 aliphatic carbocycles. The standard InChI is InChI=1S/C36H51NO11/c1-19-6-11-26-31(3,40)35(43)25(17-37(26)16-19)33(42)18-34-24(32(33,41)15-27(35)38)10-9-23-30(34,2)13-12-28(36(23,44)48-34)47-29(39)20-7-8-21(45-4)22(14-20)46-5/h7-8,14,19,23-28,38,40-44H,6,9-13,15-18H2,1-5H3/t19-,23?,24?,25?,26-,27-,28-,30-,31+,32+,33+,34-,35-,36-/m0/s1. The van der Waals surface area contributed by atoms with E-state index in [-0.39, 0.29) is 24.9 Å². The number of fused-ring (bicyclic) bond motifs is 5. The first kappa shape index (κ1) is 33.1. The third-order valence-corrected chi connectivity index (χ3v) is 14.9. The minimum absolute atomic E-state index is 0.101. The van der Waals surface area contributed by atoms with Gasteiger partial charge < -0.3 is 49.6 Å². The lowest BCUT2D eigenvalue weighted by molar-refractivity contribution is -0.354. The fraction of sp³-hybridized carbons (Fsp3) is 0.806. The first-order valence-corrected chi connectivity index (χ1v) is 17.6. The van der Waals surface area contributed by atoms with Crippen molar-refractivity contribution >= 4 is 5.97 Å². The van der Waals surface area contributed by atoms with Crippen LogP contribution in [0.4, 0.5) is 0 Å². The molecule has 0 amide bonds. The van der Waals surface area contributed by atoms with Crippen molar-refractivity contribution in [1.82, 2.24) is 4.90 Å². The maximum absolute atomic E-state index is 13.5. The molecule has 0 radical (unpaired) electrons. The number of hydrogen-bond donors (Lipinski definition) is 6. The highest BCUT2D eigenvalue weighted by molar-refractivity contribution is 5.90. The largest absolute Gasteiger partial charge is 0.493 e. The van der Waals surface area contributed by atoms with Gasteiger partial charge in [0.2, 0.25) is 5.79 Å². The Morgan fingerprint density at radius 2 is 1.60 bits per heavy atom. The van der Waals surface area contributed by atoms with Gasteiger partial charge >= 0.3 is 5.97 Å². The van der Waals surface area contributed by atoms with Crippen LogP contribution >= 0.6 is 0 Å². The van der Waals surface area contributed by atoms with E-state index in [0.29, 0.717) is 56.1 Å². The molecule has 1 aromatic carbocycles. The Morgan fingerprint density at radius 1 is 0.896 bits per heavy atom. The van der Waals surface area contributed by atoms with E-state index in [0.717, 1.165) is 6.42 Å². The Kier molecular flexibility index (Phi) is 6.94. The van der Waals surface area contributed by atoms with Crippen molar-refractivity contribution in [3.05, 3.63) is 23.8 Å². The molecule has 3 saturated heterocycles. The SMILES string of the molecule is COc1ccc(C(=O)O[C@H]2CC[C@@]3(C)C4CCC5[C@]6(O)C[C@H](O)[C@@]7(O)C(CN8C[C@@H](C)CC[C@H]8[C@@]7(C)O)[C@]6(O)C[C@]53O[C@@]42O)cc1OC. The van der Waals surface area contributed by atoms with E-state index in [1.807, 2.05) is 6.92 Å². The molecule has 3 unspecified atom stereocenters. The summed E-state index contributed by atoms with van der Waals surface area (Å²) in [4.78, 5) is 15.6. The second kappa shape index (κ2) is 10.1. The predicted molar refractivity (Wildman–Crippen MR) is 169 cm³/mol. The van der Waals surface area contributed by atoms with E-state index in [2.05, 4.69) is 11.8 Å². The Bertz CT molecular complexity index is 1520. The third kappa shape index (κ3) is 3.66. The fourth-order valence-corrected chi connectivity index (χ4v) is 12.6. The van der Waals surface area contributed by atoms with Gasteiger partial charge in [-0.25, -0.2) is 4.79 Å². The number of benzene rings is 1. The van der Waals surface area contributed by atoms with E-state index < -0.39 is 81.2 Å². The number of carbonyl (C=O) groups is 1. The summed E-state index contributed by atoms with van der Waals surface area (Å²) in [6, 6.07) is 4.28. The molecule has 12 heteroatoms. The maximum Gasteiger partial charge on any atom is 0.338 e. The molecule has 3 aliphatic heterocycles. The van der Waals surface area contributed by atoms with Crippen molar-refractivity contribution in [3.8, 4) is 11.5 Å². The highest BCUT2D eigenvalue weighted by Crippen LogP contribution is 2.78. The molecule has 1 spiro atoms. The van der Waals surface area contributed by atoms with Gasteiger partial charge in [0.05, 0.1) is 31.5 Å². The molecule has 3 heterocycles. The number of methoxy groups -OCH3 is 2. The fourth-order valence-electron chi connectivity index (χ4n) is 12.6. The van der Waals surface area contributed by atoms with Gasteiger partial charge in [-0.15, -0.1) is 0 Å². The van der Waals surface area contributed by atoms with Crippen LogP contribution in [0.25, 0.3) is 0 Å². The molecule has 7 aliphatic rings. The van der Waals surface area contributed by atoms with Crippen molar-refractivity contribution in [2.24, 2.45) is 29.1 Å². The second-order valence-corrected chi connectivity index (χ2v) is 16.8. The Balaban J connectivity index is 1.16. The summed E-state index contributed by atoms with van der Waals surface area (Å²) in [5.41, 5.74) is -9.44. The molecular weight excluding hydrogens is 622 g/mol. The van der Waals surface area contributed by atoms with Crippen LogP contribution in [0.2, 0.25) is 0 Å². The summed E-state index contributed by atoms with van der Waals surface area (Å²) < 4.78 is 23.5. The molecule has 14 atom stereocenters. The molecule has 0 aromatic heterocycles. The highest BCUT2D eigenvalue weighted by atomic mass is 16.7. The van der Waals surface area contributed by atoms with Gasteiger partial charge in [-0.2, -0.15) is 0 Å².